The van der Waals surface area contributed by atoms with Gasteiger partial charge in [-0.05, 0) is 67.2 Å². The van der Waals surface area contributed by atoms with E-state index in [1.54, 1.807) is 31.4 Å². The lowest BCUT2D eigenvalue weighted by Crippen LogP contribution is -2.49. The molecule has 2 aromatic carbocycles. The smallest absolute Gasteiger partial charge is 0.251 e. The maximum Gasteiger partial charge on any atom is 0.251 e. The molecule has 2 aromatic rings. The van der Waals surface area contributed by atoms with E-state index >= 15 is 0 Å². The number of hydrogen-bond acceptors (Lipinski definition) is 4. The minimum Gasteiger partial charge on any atom is -0.497 e. The summed E-state index contributed by atoms with van der Waals surface area (Å²) in [7, 11) is 1.58. The number of ether oxygens (including phenoxy) is 1. The van der Waals surface area contributed by atoms with Crippen LogP contribution in [0.25, 0.3) is 0 Å². The third-order valence-electron chi connectivity index (χ3n) is 5.68. The third-order valence-corrected chi connectivity index (χ3v) is 5.68. The van der Waals surface area contributed by atoms with Crippen molar-refractivity contribution in [3.05, 3.63) is 65.2 Å². The quantitative estimate of drug-likeness (QED) is 0.649. The number of amides is 2. The maximum atomic E-state index is 12.8. The minimum absolute atomic E-state index is 0.0370. The molecule has 1 heterocycles. The fraction of sp³-hybridized carbons (Fsp3) is 0.440. The summed E-state index contributed by atoms with van der Waals surface area (Å²) < 4.78 is 5.12. The van der Waals surface area contributed by atoms with Crippen molar-refractivity contribution in [2.45, 2.75) is 45.8 Å². The van der Waals surface area contributed by atoms with Gasteiger partial charge in [0.05, 0.1) is 7.11 Å². The van der Waals surface area contributed by atoms with Crippen LogP contribution in [0.1, 0.15) is 48.2 Å². The van der Waals surface area contributed by atoms with Gasteiger partial charge in [0.15, 0.2) is 0 Å². The number of methoxy groups -OCH3 is 1. The molecule has 1 atom stereocenters. The number of carbonyl (C=O) groups excluding carboxylic acids is 2. The molecule has 1 saturated heterocycles. The molecule has 3 rings (SSSR count). The number of carbonyl (C=O) groups is 2. The van der Waals surface area contributed by atoms with Crippen LogP contribution in [0.4, 0.5) is 0 Å². The van der Waals surface area contributed by atoms with E-state index in [9.17, 15) is 9.59 Å². The molecule has 166 valence electrons. The Morgan fingerprint density at radius 1 is 0.968 bits per heavy atom. The Balaban J connectivity index is 1.53. The fourth-order valence-electron chi connectivity index (χ4n) is 3.76. The van der Waals surface area contributed by atoms with Crippen LogP contribution in [0.2, 0.25) is 0 Å². The zero-order valence-electron chi connectivity index (χ0n) is 18.7. The van der Waals surface area contributed by atoms with Crippen molar-refractivity contribution >= 4 is 11.8 Å². The minimum atomic E-state index is -0.607. The lowest BCUT2D eigenvalue weighted by atomic mass is 10.0. The molecule has 0 spiro atoms. The second-order valence-corrected chi connectivity index (χ2v) is 8.44. The normalized spacial score (nSPS) is 15.0. The van der Waals surface area contributed by atoms with Crippen LogP contribution in [0.15, 0.2) is 48.5 Å². The summed E-state index contributed by atoms with van der Waals surface area (Å²) in [5, 5.41) is 5.82. The van der Waals surface area contributed by atoms with E-state index in [0.717, 1.165) is 12.1 Å². The molecule has 2 amide bonds. The van der Waals surface area contributed by atoms with E-state index in [4.69, 9.17) is 4.74 Å². The highest BCUT2D eigenvalue weighted by Crippen LogP contribution is 2.14. The van der Waals surface area contributed by atoms with Crippen molar-refractivity contribution in [2.24, 2.45) is 5.92 Å². The van der Waals surface area contributed by atoms with Crippen molar-refractivity contribution in [1.29, 1.82) is 0 Å². The zero-order chi connectivity index (χ0) is 22.2. The van der Waals surface area contributed by atoms with E-state index in [-0.39, 0.29) is 17.7 Å². The van der Waals surface area contributed by atoms with Gasteiger partial charge in [-0.2, -0.15) is 0 Å². The summed E-state index contributed by atoms with van der Waals surface area (Å²) in [6, 6.07) is 14.6. The molecule has 0 aromatic heterocycles. The highest BCUT2D eigenvalue weighted by molar-refractivity contribution is 5.97. The van der Waals surface area contributed by atoms with Gasteiger partial charge in [0.2, 0.25) is 5.91 Å². The Hall–Kier alpha value is -2.86. The number of rotatable bonds is 9. The summed E-state index contributed by atoms with van der Waals surface area (Å²) >= 11 is 0. The van der Waals surface area contributed by atoms with Gasteiger partial charge in [0.25, 0.3) is 5.91 Å². The van der Waals surface area contributed by atoms with Crippen LogP contribution in [-0.4, -0.2) is 43.0 Å². The second-order valence-electron chi connectivity index (χ2n) is 8.44. The number of likely N-dealkylation sites (tertiary alicyclic amines) is 1. The molecule has 6 heteroatoms. The van der Waals surface area contributed by atoms with Crippen molar-refractivity contribution < 1.29 is 14.3 Å². The molecular weight excluding hydrogens is 390 g/mol. The summed E-state index contributed by atoms with van der Waals surface area (Å²) in [5.41, 5.74) is 2.83. The van der Waals surface area contributed by atoms with E-state index in [1.165, 1.54) is 31.5 Å². The molecule has 0 radical (unpaired) electrons. The lowest BCUT2D eigenvalue weighted by molar-refractivity contribution is -0.124. The van der Waals surface area contributed by atoms with E-state index < -0.39 is 6.04 Å². The standard InChI is InChI=1S/C25H33N3O3/c1-18(2)23(27-24(29)21-10-12-22(31-3)13-11-21)25(30)26-16-19-6-8-20(9-7-19)17-28-14-4-5-15-28/h6-13,18,23H,4-5,14-17H2,1-3H3,(H,26,30)(H,27,29). The van der Waals surface area contributed by atoms with Gasteiger partial charge in [0, 0.05) is 18.7 Å². The molecule has 0 saturated carbocycles. The van der Waals surface area contributed by atoms with Gasteiger partial charge in [-0.3, -0.25) is 14.5 Å². The maximum absolute atomic E-state index is 12.8. The fourth-order valence-corrected chi connectivity index (χ4v) is 3.76. The summed E-state index contributed by atoms with van der Waals surface area (Å²) in [6.07, 6.45) is 2.58. The summed E-state index contributed by atoms with van der Waals surface area (Å²) in [5.74, 6) is 0.187. The number of benzene rings is 2. The van der Waals surface area contributed by atoms with Gasteiger partial charge < -0.3 is 15.4 Å². The van der Waals surface area contributed by atoms with Crippen LogP contribution in [0.3, 0.4) is 0 Å². The van der Waals surface area contributed by atoms with Crippen molar-refractivity contribution in [3.8, 4) is 5.75 Å². The highest BCUT2D eigenvalue weighted by atomic mass is 16.5. The van der Waals surface area contributed by atoms with Crippen LogP contribution in [-0.2, 0) is 17.9 Å². The molecule has 31 heavy (non-hydrogen) atoms. The predicted octanol–water partition coefficient (Wildman–Crippen LogP) is 3.36. The van der Waals surface area contributed by atoms with E-state index in [1.807, 2.05) is 13.8 Å². The van der Waals surface area contributed by atoms with Crippen molar-refractivity contribution in [2.75, 3.05) is 20.2 Å². The topological polar surface area (TPSA) is 70.7 Å². The first kappa shape index (κ1) is 22.8. The first-order chi connectivity index (χ1) is 15.0. The Bertz CT molecular complexity index is 857. The average molecular weight is 424 g/mol. The van der Waals surface area contributed by atoms with Gasteiger partial charge >= 0.3 is 0 Å². The molecule has 0 aliphatic carbocycles. The van der Waals surface area contributed by atoms with Crippen LogP contribution in [0, 0.1) is 5.92 Å². The highest BCUT2D eigenvalue weighted by Gasteiger charge is 2.24. The van der Waals surface area contributed by atoms with Gasteiger partial charge in [-0.15, -0.1) is 0 Å². The van der Waals surface area contributed by atoms with Crippen LogP contribution < -0.4 is 15.4 Å². The number of hydrogen-bond donors (Lipinski definition) is 2. The molecule has 1 unspecified atom stereocenters. The Morgan fingerprint density at radius 2 is 1.58 bits per heavy atom. The van der Waals surface area contributed by atoms with Crippen molar-refractivity contribution in [3.63, 3.8) is 0 Å². The SMILES string of the molecule is COc1ccc(C(=O)NC(C(=O)NCc2ccc(CN3CCCC3)cc2)C(C)C)cc1. The first-order valence-electron chi connectivity index (χ1n) is 11.0. The predicted molar refractivity (Wildman–Crippen MR) is 122 cm³/mol. The lowest BCUT2D eigenvalue weighted by Gasteiger charge is -2.22. The Labute approximate surface area is 185 Å². The van der Waals surface area contributed by atoms with Crippen molar-refractivity contribution in [1.82, 2.24) is 15.5 Å². The second kappa shape index (κ2) is 11.0. The molecule has 0 bridgehead atoms. The number of nitrogens with one attached hydrogen (secondary N) is 2. The number of nitrogens with zero attached hydrogens (tertiary/aromatic N) is 1. The van der Waals surface area contributed by atoms with E-state index in [0.29, 0.717) is 17.9 Å². The van der Waals surface area contributed by atoms with Crippen LogP contribution >= 0.6 is 0 Å². The van der Waals surface area contributed by atoms with Gasteiger partial charge in [0.1, 0.15) is 11.8 Å². The summed E-state index contributed by atoms with van der Waals surface area (Å²) in [6.45, 7) is 7.62. The molecule has 1 aliphatic heterocycles. The zero-order valence-corrected chi connectivity index (χ0v) is 18.7. The summed E-state index contributed by atoms with van der Waals surface area (Å²) in [4.78, 5) is 27.8. The molecule has 1 aliphatic rings. The molecule has 1 fully saturated rings. The molecule has 6 nitrogen and oxygen atoms in total. The Morgan fingerprint density at radius 3 is 2.16 bits per heavy atom. The third kappa shape index (κ3) is 6.56. The largest absolute Gasteiger partial charge is 0.497 e. The Kier molecular flexibility index (Phi) is 8.06. The van der Waals surface area contributed by atoms with Gasteiger partial charge in [-0.1, -0.05) is 38.1 Å². The van der Waals surface area contributed by atoms with E-state index in [2.05, 4.69) is 39.8 Å². The molecule has 2 N–H and O–H groups in total. The monoisotopic (exact) mass is 423 g/mol. The first-order valence-corrected chi connectivity index (χ1v) is 11.0. The van der Waals surface area contributed by atoms with Crippen LogP contribution in [0.5, 0.6) is 5.75 Å². The van der Waals surface area contributed by atoms with Gasteiger partial charge in [-0.25, -0.2) is 0 Å². The molecular formula is C25H33N3O3. The average Bonchev–Trinajstić information content (AvgIpc) is 3.29.